The molecule has 0 radical (unpaired) electrons. The second-order valence-corrected chi connectivity index (χ2v) is 4.12. The van der Waals surface area contributed by atoms with Crippen LogP contribution in [0.25, 0.3) is 0 Å². The first-order valence-corrected chi connectivity index (χ1v) is 5.71. The molecule has 17 heavy (non-hydrogen) atoms. The molecule has 1 fully saturated rings. The van der Waals surface area contributed by atoms with Crippen molar-refractivity contribution in [3.63, 3.8) is 0 Å². The fraction of sp³-hybridized carbons (Fsp3) is 0.500. The highest BCUT2D eigenvalue weighted by Crippen LogP contribution is 2.30. The van der Waals surface area contributed by atoms with Crippen molar-refractivity contribution in [2.24, 2.45) is 0 Å². The first kappa shape index (κ1) is 11.9. The predicted octanol–water partition coefficient (Wildman–Crippen LogP) is 1.13. The lowest BCUT2D eigenvalue weighted by molar-refractivity contribution is 0.0384. The molecule has 1 atom stereocenters. The Morgan fingerprint density at radius 2 is 2.47 bits per heavy atom. The van der Waals surface area contributed by atoms with E-state index < -0.39 is 5.60 Å². The lowest BCUT2D eigenvalue weighted by atomic mass is 9.98. The Labute approximate surface area is 100 Å². The van der Waals surface area contributed by atoms with Crippen LogP contribution >= 0.6 is 0 Å². The molecular weight excluding hydrogens is 220 g/mol. The molecule has 5 heteroatoms. The van der Waals surface area contributed by atoms with Crippen LogP contribution in [0.4, 0.5) is 4.79 Å². The van der Waals surface area contributed by atoms with E-state index in [1.807, 2.05) is 6.07 Å². The molecule has 2 heterocycles. The van der Waals surface area contributed by atoms with Crippen LogP contribution in [0.3, 0.4) is 0 Å². The average Bonchev–Trinajstić information content (AvgIpc) is 2.75. The predicted molar refractivity (Wildman–Crippen MR) is 61.3 cm³/mol. The van der Waals surface area contributed by atoms with E-state index in [9.17, 15) is 9.90 Å². The van der Waals surface area contributed by atoms with E-state index in [1.54, 1.807) is 25.3 Å². The molecule has 0 aliphatic carbocycles. The Morgan fingerprint density at radius 3 is 3.12 bits per heavy atom. The molecule has 1 aliphatic rings. The Balaban J connectivity index is 2.08. The van der Waals surface area contributed by atoms with E-state index in [1.165, 1.54) is 4.90 Å². The van der Waals surface area contributed by atoms with Gasteiger partial charge in [-0.05, 0) is 19.1 Å². The number of aromatic nitrogens is 1. The van der Waals surface area contributed by atoms with Gasteiger partial charge < -0.3 is 14.7 Å². The van der Waals surface area contributed by atoms with Gasteiger partial charge in [-0.25, -0.2) is 4.79 Å². The maximum Gasteiger partial charge on any atom is 0.409 e. The number of pyridine rings is 1. The summed E-state index contributed by atoms with van der Waals surface area (Å²) in [5, 5.41) is 10.4. The number of carbonyl (C=O) groups excluding carboxylic acids is 1. The lowest BCUT2D eigenvalue weighted by Gasteiger charge is -2.22. The normalized spacial score (nSPS) is 23.8. The maximum absolute atomic E-state index is 11.5. The molecule has 92 valence electrons. The van der Waals surface area contributed by atoms with Crippen LogP contribution in [0.15, 0.2) is 24.4 Å². The topological polar surface area (TPSA) is 62.7 Å². The molecule has 0 bridgehead atoms. The van der Waals surface area contributed by atoms with Crippen LogP contribution in [-0.4, -0.2) is 40.8 Å². The van der Waals surface area contributed by atoms with Gasteiger partial charge in [0.05, 0.1) is 18.8 Å². The van der Waals surface area contributed by atoms with Crippen molar-refractivity contribution < 1.29 is 14.6 Å². The van der Waals surface area contributed by atoms with E-state index in [2.05, 4.69) is 4.98 Å². The molecule has 5 nitrogen and oxygen atoms in total. The summed E-state index contributed by atoms with van der Waals surface area (Å²) in [5.74, 6) is 0. The molecule has 1 aromatic rings. The van der Waals surface area contributed by atoms with Crippen molar-refractivity contribution in [3.8, 4) is 0 Å². The van der Waals surface area contributed by atoms with Gasteiger partial charge in [0.2, 0.25) is 0 Å². The van der Waals surface area contributed by atoms with E-state index in [0.717, 1.165) is 0 Å². The molecule has 0 aromatic carbocycles. The highest BCUT2D eigenvalue weighted by Gasteiger charge is 2.41. The summed E-state index contributed by atoms with van der Waals surface area (Å²) in [6.07, 6.45) is 1.75. The van der Waals surface area contributed by atoms with Gasteiger partial charge in [0.15, 0.2) is 0 Å². The van der Waals surface area contributed by atoms with E-state index in [4.69, 9.17) is 4.74 Å². The first-order chi connectivity index (χ1) is 8.15. The zero-order valence-electron chi connectivity index (χ0n) is 9.80. The minimum absolute atomic E-state index is 0.239. The van der Waals surface area contributed by atoms with Crippen molar-refractivity contribution in [3.05, 3.63) is 30.1 Å². The van der Waals surface area contributed by atoms with E-state index in [-0.39, 0.29) is 12.6 Å². The molecule has 1 N–H and O–H groups in total. The van der Waals surface area contributed by atoms with Gasteiger partial charge in [0.1, 0.15) is 5.60 Å². The number of hydrogen-bond donors (Lipinski definition) is 1. The second kappa shape index (κ2) is 4.71. The van der Waals surface area contributed by atoms with E-state index in [0.29, 0.717) is 25.3 Å². The third-order valence-corrected chi connectivity index (χ3v) is 2.92. The Hall–Kier alpha value is -1.62. The minimum Gasteiger partial charge on any atom is -0.450 e. The van der Waals surface area contributed by atoms with Crippen molar-refractivity contribution in [1.82, 2.24) is 9.88 Å². The molecule has 0 spiro atoms. The molecule has 2 rings (SSSR count). The summed E-state index contributed by atoms with van der Waals surface area (Å²) < 4.78 is 4.91. The summed E-state index contributed by atoms with van der Waals surface area (Å²) >= 11 is 0. The summed E-state index contributed by atoms with van der Waals surface area (Å²) in [6, 6.07) is 5.40. The number of amides is 1. The number of aliphatic hydroxyl groups is 1. The molecular formula is C12H16N2O3. The molecule has 1 amide bonds. The number of ether oxygens (including phenoxy) is 1. The van der Waals surface area contributed by atoms with Gasteiger partial charge in [-0.15, -0.1) is 0 Å². The minimum atomic E-state index is -1.05. The van der Waals surface area contributed by atoms with Crippen molar-refractivity contribution in [2.45, 2.75) is 18.9 Å². The van der Waals surface area contributed by atoms with Crippen molar-refractivity contribution >= 4 is 6.09 Å². The fourth-order valence-electron chi connectivity index (χ4n) is 2.01. The molecule has 1 aromatic heterocycles. The number of β-amino-alcohol motifs (C(OH)–C–C–N with tert-alkyl or cyclic N) is 1. The van der Waals surface area contributed by atoms with E-state index >= 15 is 0 Å². The van der Waals surface area contributed by atoms with Gasteiger partial charge >= 0.3 is 6.09 Å². The number of likely N-dealkylation sites (tertiary alicyclic amines) is 1. The average molecular weight is 236 g/mol. The summed E-state index contributed by atoms with van der Waals surface area (Å²) in [7, 11) is 0. The Bertz CT molecular complexity index is 396. The highest BCUT2D eigenvalue weighted by atomic mass is 16.6. The van der Waals surface area contributed by atoms with Crippen LogP contribution in [-0.2, 0) is 10.3 Å². The van der Waals surface area contributed by atoms with Crippen molar-refractivity contribution in [1.29, 1.82) is 0 Å². The Kier molecular flexibility index (Phi) is 3.28. The zero-order valence-corrected chi connectivity index (χ0v) is 9.80. The number of carbonyl (C=O) groups is 1. The second-order valence-electron chi connectivity index (χ2n) is 4.12. The zero-order chi connectivity index (χ0) is 12.3. The van der Waals surface area contributed by atoms with Crippen LogP contribution in [0.1, 0.15) is 19.0 Å². The number of rotatable bonds is 2. The SMILES string of the molecule is CCOC(=O)N1CCC(O)(c2ccccn2)C1. The molecule has 0 saturated carbocycles. The number of nitrogens with zero attached hydrogens (tertiary/aromatic N) is 2. The van der Waals surface area contributed by atoms with Crippen molar-refractivity contribution in [2.75, 3.05) is 19.7 Å². The summed E-state index contributed by atoms with van der Waals surface area (Å²) in [5.41, 5.74) is -0.444. The largest absolute Gasteiger partial charge is 0.450 e. The van der Waals surface area contributed by atoms with Gasteiger partial charge in [-0.2, -0.15) is 0 Å². The summed E-state index contributed by atoms with van der Waals surface area (Å²) in [6.45, 7) is 2.84. The van der Waals surface area contributed by atoms with Crippen LogP contribution in [0, 0.1) is 0 Å². The molecule has 1 saturated heterocycles. The highest BCUT2D eigenvalue weighted by molar-refractivity contribution is 5.68. The Morgan fingerprint density at radius 1 is 1.65 bits per heavy atom. The first-order valence-electron chi connectivity index (χ1n) is 5.71. The van der Waals surface area contributed by atoms with Crippen LogP contribution < -0.4 is 0 Å². The van der Waals surface area contributed by atoms with Gasteiger partial charge in [0.25, 0.3) is 0 Å². The molecule has 1 aliphatic heterocycles. The fourth-order valence-corrected chi connectivity index (χ4v) is 2.01. The third-order valence-electron chi connectivity index (χ3n) is 2.92. The van der Waals surface area contributed by atoms with Crippen LogP contribution in [0.2, 0.25) is 0 Å². The van der Waals surface area contributed by atoms with Gasteiger partial charge in [-0.3, -0.25) is 4.98 Å². The quantitative estimate of drug-likeness (QED) is 0.836. The smallest absolute Gasteiger partial charge is 0.409 e. The van der Waals surface area contributed by atoms with Crippen LogP contribution in [0.5, 0.6) is 0 Å². The van der Waals surface area contributed by atoms with Gasteiger partial charge in [0, 0.05) is 19.2 Å². The lowest BCUT2D eigenvalue weighted by Crippen LogP contribution is -2.35. The standard InChI is InChI=1S/C12H16N2O3/c1-2-17-11(15)14-8-6-12(16,9-14)10-5-3-4-7-13-10/h3-5,7,16H,2,6,8-9H2,1H3. The third kappa shape index (κ3) is 2.39. The maximum atomic E-state index is 11.5. The monoisotopic (exact) mass is 236 g/mol. The van der Waals surface area contributed by atoms with Gasteiger partial charge in [-0.1, -0.05) is 6.07 Å². The summed E-state index contributed by atoms with van der Waals surface area (Å²) in [4.78, 5) is 17.2. The number of hydrogen-bond acceptors (Lipinski definition) is 4. The molecule has 1 unspecified atom stereocenters.